The molecule has 0 radical (unpaired) electrons. The lowest BCUT2D eigenvalue weighted by atomic mass is 10.3. The van der Waals surface area contributed by atoms with Gasteiger partial charge in [-0.2, -0.15) is 0 Å². The first-order valence-corrected chi connectivity index (χ1v) is 5.06. The molecule has 6 heteroatoms. The molecule has 0 bridgehead atoms. The lowest BCUT2D eigenvalue weighted by Gasteiger charge is -2.05. The van der Waals surface area contributed by atoms with E-state index in [0.29, 0.717) is 0 Å². The predicted octanol–water partition coefficient (Wildman–Crippen LogP) is 4.04. The van der Waals surface area contributed by atoms with Crippen LogP contribution >= 0.6 is 50.1 Å². The van der Waals surface area contributed by atoms with Gasteiger partial charge in [-0.3, -0.25) is 0 Å². The van der Waals surface area contributed by atoms with Crippen LogP contribution in [-0.4, -0.2) is 4.98 Å². The third-order valence-electron chi connectivity index (χ3n) is 1.18. The molecule has 0 aromatic carbocycles. The Labute approximate surface area is 94.8 Å². The summed E-state index contributed by atoms with van der Waals surface area (Å²) in [6, 6.07) is 0. The van der Waals surface area contributed by atoms with E-state index in [1.54, 1.807) is 22.6 Å². The lowest BCUT2D eigenvalue weighted by Crippen LogP contribution is -1.94. The molecule has 12 heavy (non-hydrogen) atoms. The highest BCUT2D eigenvalue weighted by Gasteiger charge is 2.18. The van der Waals surface area contributed by atoms with E-state index in [1.807, 2.05) is 0 Å². The van der Waals surface area contributed by atoms with Crippen LogP contribution in [-0.2, 0) is 0 Å². The van der Waals surface area contributed by atoms with Crippen molar-refractivity contribution >= 4 is 50.1 Å². The molecule has 1 rings (SSSR count). The molecule has 0 N–H and O–H groups in total. The van der Waals surface area contributed by atoms with Crippen molar-refractivity contribution in [1.29, 1.82) is 0 Å². The van der Waals surface area contributed by atoms with Crippen LogP contribution in [0.3, 0.4) is 0 Å². The monoisotopic (exact) mass is 367 g/mol. The third-order valence-corrected chi connectivity index (χ3v) is 3.41. The van der Waals surface area contributed by atoms with Crippen molar-refractivity contribution < 1.29 is 8.78 Å². The van der Waals surface area contributed by atoms with Gasteiger partial charge in [-0.15, -0.1) is 0 Å². The number of hydrogen-bond acceptors (Lipinski definition) is 1. The standard InChI is InChI=1S/C6H2BrClF2IN/c7-4-2(8)1-12-6(11)3(4)5(9)10/h1,5H. The molecule has 1 nitrogen and oxygen atoms in total. The molecular weight excluding hydrogens is 366 g/mol. The Morgan fingerprint density at radius 1 is 1.58 bits per heavy atom. The fourth-order valence-electron chi connectivity index (χ4n) is 0.645. The van der Waals surface area contributed by atoms with Gasteiger partial charge in [-0.05, 0) is 38.5 Å². The molecular formula is C6H2BrClF2IN. The third kappa shape index (κ3) is 2.05. The van der Waals surface area contributed by atoms with Crippen molar-refractivity contribution in [3.63, 3.8) is 0 Å². The van der Waals surface area contributed by atoms with Crippen LogP contribution in [0.2, 0.25) is 5.02 Å². The van der Waals surface area contributed by atoms with Crippen LogP contribution in [0.15, 0.2) is 10.7 Å². The molecule has 0 unspecified atom stereocenters. The normalized spacial score (nSPS) is 10.8. The highest BCUT2D eigenvalue weighted by atomic mass is 127. The maximum Gasteiger partial charge on any atom is 0.267 e. The summed E-state index contributed by atoms with van der Waals surface area (Å²) in [5, 5.41) is 0.200. The van der Waals surface area contributed by atoms with Crippen molar-refractivity contribution in [2.45, 2.75) is 6.43 Å². The van der Waals surface area contributed by atoms with E-state index in [0.717, 1.165) is 0 Å². The van der Waals surface area contributed by atoms with Crippen LogP contribution < -0.4 is 0 Å². The van der Waals surface area contributed by atoms with Gasteiger partial charge in [0, 0.05) is 10.7 Å². The number of rotatable bonds is 1. The summed E-state index contributed by atoms with van der Waals surface area (Å²) in [7, 11) is 0. The summed E-state index contributed by atoms with van der Waals surface area (Å²) in [6.07, 6.45) is -1.23. The van der Waals surface area contributed by atoms with E-state index in [2.05, 4.69) is 20.9 Å². The van der Waals surface area contributed by atoms with E-state index < -0.39 is 6.43 Å². The molecule has 0 saturated heterocycles. The van der Waals surface area contributed by atoms with Crippen LogP contribution in [0.4, 0.5) is 8.78 Å². The summed E-state index contributed by atoms with van der Waals surface area (Å²) < 4.78 is 25.2. The molecule has 0 amide bonds. The molecule has 0 saturated carbocycles. The number of aromatic nitrogens is 1. The molecule has 1 aromatic rings. The topological polar surface area (TPSA) is 12.9 Å². The quantitative estimate of drug-likeness (QED) is 0.539. The van der Waals surface area contributed by atoms with Crippen LogP contribution in [0.1, 0.15) is 12.0 Å². The molecule has 1 heterocycles. The molecule has 66 valence electrons. The average molecular weight is 368 g/mol. The zero-order valence-electron chi connectivity index (χ0n) is 5.49. The van der Waals surface area contributed by atoms with Crippen LogP contribution in [0, 0.1) is 3.70 Å². The van der Waals surface area contributed by atoms with E-state index in [-0.39, 0.29) is 18.8 Å². The SMILES string of the molecule is FC(F)c1c(I)ncc(Cl)c1Br. The highest BCUT2D eigenvalue weighted by molar-refractivity contribution is 14.1. The van der Waals surface area contributed by atoms with Gasteiger partial charge in [0.05, 0.1) is 10.6 Å². The van der Waals surface area contributed by atoms with Crippen molar-refractivity contribution in [2.75, 3.05) is 0 Å². The summed E-state index contributed by atoms with van der Waals surface area (Å²) in [5.41, 5.74) is -0.150. The second kappa shape index (κ2) is 4.15. The van der Waals surface area contributed by atoms with Gasteiger partial charge in [0.1, 0.15) is 3.70 Å². The van der Waals surface area contributed by atoms with E-state index in [1.165, 1.54) is 6.20 Å². The Balaban J connectivity index is 3.33. The largest absolute Gasteiger partial charge is 0.267 e. The lowest BCUT2D eigenvalue weighted by molar-refractivity contribution is 0.149. The number of alkyl halides is 2. The minimum Gasteiger partial charge on any atom is -0.248 e. The van der Waals surface area contributed by atoms with Gasteiger partial charge >= 0.3 is 0 Å². The van der Waals surface area contributed by atoms with Crippen molar-refractivity contribution in [3.8, 4) is 0 Å². The van der Waals surface area contributed by atoms with Gasteiger partial charge < -0.3 is 0 Å². The van der Waals surface area contributed by atoms with Crippen LogP contribution in [0.25, 0.3) is 0 Å². The zero-order chi connectivity index (χ0) is 9.30. The van der Waals surface area contributed by atoms with Gasteiger partial charge in [0.2, 0.25) is 0 Å². The van der Waals surface area contributed by atoms with E-state index in [9.17, 15) is 8.78 Å². The number of hydrogen-bond donors (Lipinski definition) is 0. The first-order chi connectivity index (χ1) is 5.54. The van der Waals surface area contributed by atoms with Gasteiger partial charge in [-0.25, -0.2) is 13.8 Å². The van der Waals surface area contributed by atoms with Crippen molar-refractivity contribution in [1.82, 2.24) is 4.98 Å². The Hall–Kier alpha value is 0.510. The molecule has 0 fully saturated rings. The van der Waals surface area contributed by atoms with E-state index >= 15 is 0 Å². The first kappa shape index (κ1) is 10.6. The van der Waals surface area contributed by atoms with Crippen molar-refractivity contribution in [3.05, 3.63) is 25.0 Å². The van der Waals surface area contributed by atoms with Crippen LogP contribution in [0.5, 0.6) is 0 Å². The Morgan fingerprint density at radius 2 is 2.17 bits per heavy atom. The number of pyridine rings is 1. The van der Waals surface area contributed by atoms with E-state index in [4.69, 9.17) is 11.6 Å². The van der Waals surface area contributed by atoms with Gasteiger partial charge in [0.25, 0.3) is 6.43 Å². The summed E-state index contributed by atoms with van der Waals surface area (Å²) in [5.74, 6) is 0. The Bertz CT molecular complexity index is 308. The number of halogens is 5. The molecule has 0 atom stereocenters. The minimum atomic E-state index is -2.56. The fourth-order valence-corrected chi connectivity index (χ4v) is 2.27. The van der Waals surface area contributed by atoms with Crippen molar-refractivity contribution in [2.24, 2.45) is 0 Å². The molecule has 1 aromatic heterocycles. The molecule has 0 aliphatic rings. The summed E-state index contributed by atoms with van der Waals surface area (Å²) in [4.78, 5) is 3.71. The Morgan fingerprint density at radius 3 is 2.58 bits per heavy atom. The smallest absolute Gasteiger partial charge is 0.248 e. The maximum atomic E-state index is 12.3. The zero-order valence-corrected chi connectivity index (χ0v) is 9.99. The molecule has 0 aliphatic heterocycles. The highest BCUT2D eigenvalue weighted by Crippen LogP contribution is 2.34. The molecule has 0 spiro atoms. The summed E-state index contributed by atoms with van der Waals surface area (Å²) in [6.45, 7) is 0. The Kier molecular flexibility index (Phi) is 3.66. The first-order valence-electron chi connectivity index (χ1n) is 2.81. The van der Waals surface area contributed by atoms with Gasteiger partial charge in [0.15, 0.2) is 0 Å². The number of nitrogens with zero attached hydrogens (tertiary/aromatic N) is 1. The van der Waals surface area contributed by atoms with Gasteiger partial charge in [-0.1, -0.05) is 11.6 Å². The molecule has 0 aliphatic carbocycles. The fraction of sp³-hybridized carbons (Fsp3) is 0.167. The second-order valence-corrected chi connectivity index (χ2v) is 4.15. The second-order valence-electron chi connectivity index (χ2n) is 1.93. The maximum absolute atomic E-state index is 12.3. The minimum absolute atomic E-state index is 0.150. The predicted molar refractivity (Wildman–Crippen MR) is 54.6 cm³/mol. The summed E-state index contributed by atoms with van der Waals surface area (Å²) >= 11 is 10.3. The average Bonchev–Trinajstić information content (AvgIpc) is 1.97.